The number of methoxy groups -OCH3 is 1. The molecule has 2 N–H and O–H groups in total. The van der Waals surface area contributed by atoms with Crippen LogP contribution >= 0.6 is 0 Å². The molecule has 0 unspecified atom stereocenters. The van der Waals surface area contributed by atoms with E-state index in [1.807, 2.05) is 0 Å². The predicted octanol–water partition coefficient (Wildman–Crippen LogP) is 2.81. The number of hydrogen-bond acceptors (Lipinski definition) is 6. The third-order valence-electron chi connectivity index (χ3n) is 3.27. The molecule has 2 rings (SSSR count). The first-order valence-corrected chi connectivity index (χ1v) is 8.12. The van der Waals surface area contributed by atoms with Gasteiger partial charge in [-0.1, -0.05) is 0 Å². The monoisotopic (exact) mass is 374 g/mol. The summed E-state index contributed by atoms with van der Waals surface area (Å²) in [6.07, 6.45) is 0.838. The molecule has 9 nitrogen and oxygen atoms in total. The van der Waals surface area contributed by atoms with E-state index in [-0.39, 0.29) is 11.6 Å². The number of nitrogens with zero attached hydrogens (tertiary/aromatic N) is 2. The minimum Gasteiger partial charge on any atom is -0.465 e. The quantitative estimate of drug-likeness (QED) is 0.796. The molecule has 0 aliphatic heterocycles. The molecule has 1 heterocycles. The van der Waals surface area contributed by atoms with Gasteiger partial charge in [-0.25, -0.2) is 14.6 Å². The van der Waals surface area contributed by atoms with Gasteiger partial charge < -0.3 is 19.4 Å². The highest BCUT2D eigenvalue weighted by atomic mass is 16.6. The van der Waals surface area contributed by atoms with Gasteiger partial charge in [-0.2, -0.15) is 0 Å². The van der Waals surface area contributed by atoms with E-state index in [1.54, 1.807) is 40.0 Å². The molecule has 0 saturated carbocycles. The Labute approximate surface area is 156 Å². The molecule has 144 valence electrons. The fourth-order valence-corrected chi connectivity index (χ4v) is 2.14. The number of aryl methyl sites for hydroxylation is 1. The van der Waals surface area contributed by atoms with Gasteiger partial charge >= 0.3 is 12.1 Å². The molecule has 27 heavy (non-hydrogen) atoms. The van der Waals surface area contributed by atoms with Gasteiger partial charge in [-0.05, 0) is 45.0 Å². The Morgan fingerprint density at radius 3 is 2.26 bits per heavy atom. The van der Waals surface area contributed by atoms with Crippen LogP contribution < -0.4 is 10.6 Å². The minimum atomic E-state index is -0.661. The highest BCUT2D eigenvalue weighted by Gasteiger charge is 2.19. The molecule has 0 aliphatic carbocycles. The van der Waals surface area contributed by atoms with E-state index in [1.165, 1.54) is 30.0 Å². The average molecular weight is 374 g/mol. The number of anilines is 2. The van der Waals surface area contributed by atoms with Gasteiger partial charge in [0.15, 0.2) is 5.82 Å². The van der Waals surface area contributed by atoms with E-state index in [4.69, 9.17) is 4.74 Å². The Kier molecular flexibility index (Phi) is 5.84. The maximum atomic E-state index is 12.4. The van der Waals surface area contributed by atoms with Crippen molar-refractivity contribution in [2.24, 2.45) is 7.05 Å². The van der Waals surface area contributed by atoms with Crippen LogP contribution in [0.4, 0.5) is 16.3 Å². The largest absolute Gasteiger partial charge is 0.465 e. The summed E-state index contributed by atoms with van der Waals surface area (Å²) in [7, 11) is 2.92. The molecule has 0 aliphatic rings. The Balaban J connectivity index is 2.05. The fraction of sp³-hybridized carbons (Fsp3) is 0.333. The van der Waals surface area contributed by atoms with E-state index in [2.05, 4.69) is 20.4 Å². The van der Waals surface area contributed by atoms with Crippen molar-refractivity contribution < 1.29 is 23.9 Å². The van der Waals surface area contributed by atoms with Crippen molar-refractivity contribution in [1.82, 2.24) is 9.55 Å². The second kappa shape index (κ2) is 7.90. The van der Waals surface area contributed by atoms with Gasteiger partial charge in [0, 0.05) is 18.9 Å². The summed E-state index contributed by atoms with van der Waals surface area (Å²) in [5, 5.41) is 5.15. The molecule has 0 fully saturated rings. The van der Waals surface area contributed by atoms with Crippen LogP contribution in [0.5, 0.6) is 0 Å². The van der Waals surface area contributed by atoms with Crippen molar-refractivity contribution in [2.45, 2.75) is 26.4 Å². The van der Waals surface area contributed by atoms with Crippen LogP contribution in [0.1, 0.15) is 41.7 Å². The maximum absolute atomic E-state index is 12.4. The van der Waals surface area contributed by atoms with E-state index in [0.717, 1.165) is 0 Å². The SMILES string of the molecule is COC(=O)c1ccc(NC(=O)c2nc(NC(=O)OC(C)(C)C)cn2C)cc1. The van der Waals surface area contributed by atoms with Gasteiger partial charge in [0.2, 0.25) is 5.82 Å². The van der Waals surface area contributed by atoms with Gasteiger partial charge in [0.25, 0.3) is 5.91 Å². The summed E-state index contributed by atoms with van der Waals surface area (Å²) in [5.74, 6) is -0.647. The van der Waals surface area contributed by atoms with E-state index < -0.39 is 23.6 Å². The standard InChI is InChI=1S/C18H22N4O5/c1-18(2,3)27-17(25)21-13-10-22(4)14(20-13)15(23)19-12-8-6-11(7-9-12)16(24)26-5/h6-10H,1-5H3,(H,19,23)(H,21,25). The van der Waals surface area contributed by atoms with Crippen LogP contribution in [0, 0.1) is 0 Å². The Hall–Kier alpha value is -3.36. The zero-order chi connectivity index (χ0) is 20.2. The Morgan fingerprint density at radius 1 is 1.07 bits per heavy atom. The number of benzene rings is 1. The van der Waals surface area contributed by atoms with Crippen molar-refractivity contribution in [1.29, 1.82) is 0 Å². The molecule has 0 atom stereocenters. The summed E-state index contributed by atoms with van der Waals surface area (Å²) in [4.78, 5) is 39.7. The van der Waals surface area contributed by atoms with Crippen LogP contribution in [0.25, 0.3) is 0 Å². The first kappa shape index (κ1) is 20.0. The molecule has 9 heteroatoms. The predicted molar refractivity (Wildman–Crippen MR) is 98.8 cm³/mol. The number of imidazole rings is 1. The van der Waals surface area contributed by atoms with E-state index in [9.17, 15) is 14.4 Å². The Morgan fingerprint density at radius 2 is 1.70 bits per heavy atom. The number of aromatic nitrogens is 2. The Bertz CT molecular complexity index is 850. The smallest absolute Gasteiger partial charge is 0.413 e. The first-order chi connectivity index (χ1) is 12.6. The molecular weight excluding hydrogens is 352 g/mol. The number of rotatable bonds is 4. The minimum absolute atomic E-state index is 0.0955. The van der Waals surface area contributed by atoms with Crippen LogP contribution in [0.3, 0.4) is 0 Å². The lowest BCUT2D eigenvalue weighted by molar-refractivity contribution is 0.0598. The van der Waals surface area contributed by atoms with Crippen molar-refractivity contribution >= 4 is 29.5 Å². The maximum Gasteiger partial charge on any atom is 0.413 e. The highest BCUT2D eigenvalue weighted by molar-refractivity contribution is 6.02. The first-order valence-electron chi connectivity index (χ1n) is 8.12. The van der Waals surface area contributed by atoms with Gasteiger partial charge in [0.05, 0.1) is 12.7 Å². The van der Waals surface area contributed by atoms with Crippen LogP contribution in [0.15, 0.2) is 30.5 Å². The summed E-state index contributed by atoms with van der Waals surface area (Å²) in [5.41, 5.74) is 0.212. The van der Waals surface area contributed by atoms with Gasteiger partial charge in [0.1, 0.15) is 5.60 Å². The van der Waals surface area contributed by atoms with Crippen LogP contribution in [-0.4, -0.2) is 40.2 Å². The second-order valence-corrected chi connectivity index (χ2v) is 6.71. The zero-order valence-electron chi connectivity index (χ0n) is 15.8. The lowest BCUT2D eigenvalue weighted by atomic mass is 10.2. The third-order valence-corrected chi connectivity index (χ3v) is 3.27. The normalized spacial score (nSPS) is 10.9. The molecule has 1 aromatic carbocycles. The molecule has 1 aromatic heterocycles. The summed E-state index contributed by atoms with van der Waals surface area (Å²) in [6.45, 7) is 5.24. The number of hydrogen-bond donors (Lipinski definition) is 2. The number of esters is 1. The summed E-state index contributed by atoms with van der Waals surface area (Å²) in [6, 6.07) is 6.23. The fourth-order valence-electron chi connectivity index (χ4n) is 2.14. The number of amides is 2. The van der Waals surface area contributed by atoms with E-state index in [0.29, 0.717) is 11.3 Å². The number of ether oxygens (including phenoxy) is 2. The van der Waals surface area contributed by atoms with Crippen molar-refractivity contribution in [3.8, 4) is 0 Å². The highest BCUT2D eigenvalue weighted by Crippen LogP contribution is 2.14. The van der Waals surface area contributed by atoms with Crippen molar-refractivity contribution in [3.63, 3.8) is 0 Å². The number of nitrogens with one attached hydrogen (secondary N) is 2. The van der Waals surface area contributed by atoms with Crippen molar-refractivity contribution in [2.75, 3.05) is 17.7 Å². The summed E-state index contributed by atoms with van der Waals surface area (Å²) >= 11 is 0. The second-order valence-electron chi connectivity index (χ2n) is 6.71. The van der Waals surface area contributed by atoms with Crippen LogP contribution in [-0.2, 0) is 16.5 Å². The number of carbonyl (C=O) groups is 3. The van der Waals surface area contributed by atoms with Crippen molar-refractivity contribution in [3.05, 3.63) is 41.9 Å². The molecule has 2 amide bonds. The molecule has 0 saturated heterocycles. The lowest BCUT2D eigenvalue weighted by Gasteiger charge is -2.18. The van der Waals surface area contributed by atoms with Gasteiger partial charge in [-0.15, -0.1) is 0 Å². The molecule has 2 aromatic rings. The molecular formula is C18H22N4O5. The van der Waals surface area contributed by atoms with E-state index >= 15 is 0 Å². The zero-order valence-corrected chi connectivity index (χ0v) is 15.8. The molecule has 0 spiro atoms. The van der Waals surface area contributed by atoms with Gasteiger partial charge in [-0.3, -0.25) is 10.1 Å². The van der Waals surface area contributed by atoms with Crippen LogP contribution in [0.2, 0.25) is 0 Å². The third kappa shape index (κ3) is 5.56. The average Bonchev–Trinajstić information content (AvgIpc) is 2.93. The topological polar surface area (TPSA) is 112 Å². The lowest BCUT2D eigenvalue weighted by Crippen LogP contribution is -2.27. The molecule has 0 bridgehead atoms. The summed E-state index contributed by atoms with van der Waals surface area (Å²) < 4.78 is 11.2. The molecule has 0 radical (unpaired) electrons. The number of carbonyl (C=O) groups excluding carboxylic acids is 3.